The van der Waals surface area contributed by atoms with Crippen LogP contribution in [0.25, 0.3) is 22.2 Å². The van der Waals surface area contributed by atoms with Crippen molar-refractivity contribution in [3.63, 3.8) is 0 Å². The van der Waals surface area contributed by atoms with E-state index in [1.54, 1.807) is 21.0 Å². The highest BCUT2D eigenvalue weighted by molar-refractivity contribution is 7.14. The third-order valence-electron chi connectivity index (χ3n) is 4.80. The van der Waals surface area contributed by atoms with Crippen molar-refractivity contribution in [2.24, 2.45) is 5.92 Å². The number of thiazole rings is 1. The van der Waals surface area contributed by atoms with Crippen LogP contribution in [-0.4, -0.2) is 34.6 Å². The number of benzene rings is 1. The number of carbonyl (C=O) groups excluding carboxylic acids is 2. The number of hydrogen-bond acceptors (Lipinski definition) is 6. The van der Waals surface area contributed by atoms with Crippen LogP contribution in [0.5, 0.6) is 5.75 Å². The molecule has 0 saturated carbocycles. The molecule has 2 aromatic heterocycles. The number of hydrogen-bond donors (Lipinski definition) is 2. The Kier molecular flexibility index (Phi) is 4.15. The molecule has 1 aliphatic heterocycles. The lowest BCUT2D eigenvalue weighted by Crippen LogP contribution is -2.36. The average molecular weight is 385 g/mol. The van der Waals surface area contributed by atoms with Gasteiger partial charge in [-0.2, -0.15) is 0 Å². The monoisotopic (exact) mass is 385 g/mol. The van der Waals surface area contributed by atoms with Gasteiger partial charge in [-0.1, -0.05) is 0 Å². The van der Waals surface area contributed by atoms with Crippen LogP contribution >= 0.6 is 11.3 Å². The van der Waals surface area contributed by atoms with Crippen molar-refractivity contribution in [2.45, 2.75) is 25.9 Å². The summed E-state index contributed by atoms with van der Waals surface area (Å²) >= 11 is 1.34. The van der Waals surface area contributed by atoms with E-state index >= 15 is 0 Å². The fourth-order valence-electron chi connectivity index (χ4n) is 3.31. The van der Waals surface area contributed by atoms with Gasteiger partial charge >= 0.3 is 5.97 Å². The maximum absolute atomic E-state index is 12.6. The normalized spacial score (nSPS) is 18.5. The molecule has 1 atom stereocenters. The van der Waals surface area contributed by atoms with Gasteiger partial charge in [-0.15, -0.1) is 11.3 Å². The molecule has 140 valence electrons. The second-order valence-corrected chi connectivity index (χ2v) is 7.83. The van der Waals surface area contributed by atoms with E-state index in [4.69, 9.17) is 9.47 Å². The van der Waals surface area contributed by atoms with Crippen LogP contribution in [-0.2, 0) is 14.3 Å². The van der Waals surface area contributed by atoms with Gasteiger partial charge in [0.2, 0.25) is 5.91 Å². The third kappa shape index (κ3) is 3.16. The quantitative estimate of drug-likeness (QED) is 0.670. The molecule has 0 radical (unpaired) electrons. The molecule has 3 aromatic rings. The number of ether oxygens (including phenoxy) is 2. The van der Waals surface area contributed by atoms with Gasteiger partial charge in [0.05, 0.1) is 25.1 Å². The number of esters is 1. The average Bonchev–Trinajstić information content (AvgIpc) is 3.30. The predicted molar refractivity (Wildman–Crippen MR) is 103 cm³/mol. The Hall–Kier alpha value is -2.87. The fourth-order valence-corrected chi connectivity index (χ4v) is 4.03. The van der Waals surface area contributed by atoms with Crippen LogP contribution < -0.4 is 10.1 Å². The van der Waals surface area contributed by atoms with E-state index in [9.17, 15) is 9.59 Å². The van der Waals surface area contributed by atoms with Gasteiger partial charge in [0.25, 0.3) is 0 Å². The molecule has 0 unspecified atom stereocenters. The summed E-state index contributed by atoms with van der Waals surface area (Å²) in [6.07, 6.45) is 1.97. The number of amides is 1. The zero-order valence-electron chi connectivity index (χ0n) is 15.2. The maximum atomic E-state index is 12.6. The molecule has 7 nitrogen and oxygen atoms in total. The van der Waals surface area contributed by atoms with E-state index in [2.05, 4.69) is 15.3 Å². The number of cyclic esters (lactones) is 1. The molecule has 2 N–H and O–H groups in total. The molecular formula is C19H19N3O4S. The van der Waals surface area contributed by atoms with Gasteiger partial charge in [-0.05, 0) is 32.0 Å². The van der Waals surface area contributed by atoms with E-state index in [0.29, 0.717) is 5.13 Å². The fraction of sp³-hybridized carbons (Fsp3) is 0.316. The molecule has 0 aliphatic carbocycles. The van der Waals surface area contributed by atoms with Crippen LogP contribution in [0.3, 0.4) is 0 Å². The zero-order chi connectivity index (χ0) is 19.2. The molecule has 4 rings (SSSR count). The smallest absolute Gasteiger partial charge is 0.307 e. The summed E-state index contributed by atoms with van der Waals surface area (Å²) in [4.78, 5) is 31.9. The summed E-state index contributed by atoms with van der Waals surface area (Å²) in [5, 5.41) is 6.18. The summed E-state index contributed by atoms with van der Waals surface area (Å²) < 4.78 is 10.5. The number of fused-ring (bicyclic) bond motifs is 1. The van der Waals surface area contributed by atoms with E-state index in [1.165, 1.54) is 11.3 Å². The van der Waals surface area contributed by atoms with Crippen molar-refractivity contribution in [2.75, 3.05) is 12.4 Å². The first-order valence-electron chi connectivity index (χ1n) is 8.51. The first kappa shape index (κ1) is 17.5. The molecule has 27 heavy (non-hydrogen) atoms. The number of rotatable bonds is 4. The first-order chi connectivity index (χ1) is 12.9. The van der Waals surface area contributed by atoms with Gasteiger partial charge in [0, 0.05) is 28.0 Å². The third-order valence-corrected chi connectivity index (χ3v) is 5.56. The molecule has 8 heteroatoms. The van der Waals surface area contributed by atoms with Crippen molar-refractivity contribution in [1.29, 1.82) is 0 Å². The molecule has 0 bridgehead atoms. The standard InChI is InChI=1S/C19H19N3O4S/c1-19(2)13(7-16(23)26-19)17(24)22-18-21-15(9-27-18)12-8-20-14-5-4-10(25-3)6-11(12)14/h4-6,8-9,13,20H,7H2,1-3H3,(H,21,22,24)/t13-/m1/s1. The first-order valence-corrected chi connectivity index (χ1v) is 9.39. The number of methoxy groups -OCH3 is 1. The Labute approximate surface area is 159 Å². The Morgan fingerprint density at radius 3 is 2.96 bits per heavy atom. The summed E-state index contributed by atoms with van der Waals surface area (Å²) in [5.41, 5.74) is 1.86. The molecule has 1 aromatic carbocycles. The molecule has 1 fully saturated rings. The lowest BCUT2D eigenvalue weighted by molar-refractivity contribution is -0.147. The minimum absolute atomic E-state index is 0.0826. The Bertz CT molecular complexity index is 1040. The summed E-state index contributed by atoms with van der Waals surface area (Å²) in [5.74, 6) is -0.380. The van der Waals surface area contributed by atoms with Gasteiger partial charge in [0.15, 0.2) is 5.13 Å². The SMILES string of the molecule is COc1ccc2[nH]cc(-c3csc(NC(=O)[C@H]4CC(=O)OC4(C)C)n3)c2c1. The van der Waals surface area contributed by atoms with Gasteiger partial charge in [-0.25, -0.2) is 4.98 Å². The number of nitrogens with one attached hydrogen (secondary N) is 2. The number of nitrogens with zero attached hydrogens (tertiary/aromatic N) is 1. The molecule has 1 aliphatic rings. The number of anilines is 1. The minimum Gasteiger partial charge on any atom is -0.497 e. The van der Waals surface area contributed by atoms with Crippen LogP contribution in [0, 0.1) is 5.92 Å². The minimum atomic E-state index is -0.811. The molecule has 3 heterocycles. The summed E-state index contributed by atoms with van der Waals surface area (Å²) in [7, 11) is 1.63. The van der Waals surface area contributed by atoms with Crippen LogP contribution in [0.15, 0.2) is 29.8 Å². The lowest BCUT2D eigenvalue weighted by atomic mass is 9.90. The highest BCUT2D eigenvalue weighted by Gasteiger charge is 2.46. The highest BCUT2D eigenvalue weighted by atomic mass is 32.1. The van der Waals surface area contributed by atoms with Crippen LogP contribution in [0.2, 0.25) is 0 Å². The highest BCUT2D eigenvalue weighted by Crippen LogP contribution is 2.35. The number of H-pyrrole nitrogens is 1. The summed E-state index contributed by atoms with van der Waals surface area (Å²) in [6.45, 7) is 3.49. The van der Waals surface area contributed by atoms with Crippen LogP contribution in [0.1, 0.15) is 20.3 Å². The van der Waals surface area contributed by atoms with E-state index in [1.807, 2.05) is 29.8 Å². The van der Waals surface area contributed by atoms with Gasteiger partial charge in [-0.3, -0.25) is 9.59 Å². The number of aromatic nitrogens is 2. The second kappa shape index (κ2) is 6.38. The van der Waals surface area contributed by atoms with Crippen molar-refractivity contribution in [3.8, 4) is 17.0 Å². The molecular weight excluding hydrogens is 366 g/mol. The van der Waals surface area contributed by atoms with E-state index in [-0.39, 0.29) is 18.3 Å². The van der Waals surface area contributed by atoms with Crippen molar-refractivity contribution in [1.82, 2.24) is 9.97 Å². The Morgan fingerprint density at radius 1 is 1.44 bits per heavy atom. The van der Waals surface area contributed by atoms with Crippen molar-refractivity contribution < 1.29 is 19.1 Å². The second-order valence-electron chi connectivity index (χ2n) is 6.98. The molecule has 1 saturated heterocycles. The van der Waals surface area contributed by atoms with E-state index in [0.717, 1.165) is 27.9 Å². The molecule has 0 spiro atoms. The van der Waals surface area contributed by atoms with E-state index < -0.39 is 11.5 Å². The van der Waals surface area contributed by atoms with Crippen molar-refractivity contribution >= 4 is 39.2 Å². The topological polar surface area (TPSA) is 93.3 Å². The van der Waals surface area contributed by atoms with Gasteiger partial charge < -0.3 is 19.8 Å². The maximum Gasteiger partial charge on any atom is 0.307 e. The Morgan fingerprint density at radius 2 is 2.26 bits per heavy atom. The predicted octanol–water partition coefficient (Wildman–Crippen LogP) is 3.58. The van der Waals surface area contributed by atoms with Gasteiger partial charge in [0.1, 0.15) is 11.4 Å². The van der Waals surface area contributed by atoms with Crippen LogP contribution in [0.4, 0.5) is 5.13 Å². The largest absolute Gasteiger partial charge is 0.497 e. The zero-order valence-corrected chi connectivity index (χ0v) is 16.0. The molecule has 1 amide bonds. The Balaban J connectivity index is 1.57. The van der Waals surface area contributed by atoms with Crippen molar-refractivity contribution in [3.05, 3.63) is 29.8 Å². The lowest BCUT2D eigenvalue weighted by Gasteiger charge is -2.23. The number of aromatic amines is 1. The summed E-state index contributed by atoms with van der Waals surface area (Å²) in [6, 6.07) is 5.79. The number of carbonyl (C=O) groups is 2.